The van der Waals surface area contributed by atoms with Gasteiger partial charge in [-0.05, 0) is 30.5 Å². The molecule has 1 aromatic carbocycles. The van der Waals surface area contributed by atoms with Crippen LogP contribution in [0.15, 0.2) is 48.7 Å². The molecule has 6 heteroatoms. The first-order chi connectivity index (χ1) is 12.1. The van der Waals surface area contributed by atoms with Crippen molar-refractivity contribution in [2.45, 2.75) is 25.0 Å². The molecule has 1 saturated heterocycles. The molecule has 6 nitrogen and oxygen atoms in total. The van der Waals surface area contributed by atoms with E-state index < -0.39 is 6.10 Å². The standard InChI is InChI=1S/C19H23N3O3/c1-21-11-5-8-16(21)18(24)20-15-9-12-22(13-10-15)19(25)17(23)14-6-3-2-4-7-14/h2-8,11,15,17,23H,9-10,12-13H2,1H3,(H,20,24)/t17-/m0/s1. The Bertz CT molecular complexity index is 733. The second kappa shape index (κ2) is 7.53. The summed E-state index contributed by atoms with van der Waals surface area (Å²) in [7, 11) is 1.83. The molecule has 0 bridgehead atoms. The minimum Gasteiger partial charge on any atom is -0.378 e. The summed E-state index contributed by atoms with van der Waals surface area (Å²) in [6.45, 7) is 1.06. The number of carbonyl (C=O) groups is 2. The Balaban J connectivity index is 1.52. The molecule has 1 aliphatic rings. The average Bonchev–Trinajstić information content (AvgIpc) is 3.08. The van der Waals surface area contributed by atoms with Crippen LogP contribution in [-0.4, -0.2) is 45.5 Å². The van der Waals surface area contributed by atoms with Gasteiger partial charge in [0.2, 0.25) is 0 Å². The quantitative estimate of drug-likeness (QED) is 0.885. The maximum Gasteiger partial charge on any atom is 0.268 e. The van der Waals surface area contributed by atoms with Crippen LogP contribution in [0.1, 0.15) is 35.0 Å². The Kier molecular flexibility index (Phi) is 5.19. The van der Waals surface area contributed by atoms with Gasteiger partial charge in [0.15, 0.2) is 6.10 Å². The minimum absolute atomic E-state index is 0.0420. The molecule has 25 heavy (non-hydrogen) atoms. The lowest BCUT2D eigenvalue weighted by atomic mass is 10.0. The second-order valence-corrected chi connectivity index (χ2v) is 6.39. The molecule has 1 aliphatic heterocycles. The Morgan fingerprint density at radius 1 is 1.12 bits per heavy atom. The largest absolute Gasteiger partial charge is 0.378 e. The molecule has 2 heterocycles. The molecule has 1 aromatic heterocycles. The number of amides is 2. The molecule has 3 rings (SSSR count). The fourth-order valence-electron chi connectivity index (χ4n) is 3.15. The Morgan fingerprint density at radius 2 is 1.80 bits per heavy atom. The molecule has 0 unspecified atom stereocenters. The number of aromatic nitrogens is 1. The number of hydrogen-bond donors (Lipinski definition) is 2. The molecule has 0 aliphatic carbocycles. The number of nitrogens with zero attached hydrogens (tertiary/aromatic N) is 2. The summed E-state index contributed by atoms with van der Waals surface area (Å²) >= 11 is 0. The smallest absolute Gasteiger partial charge is 0.268 e. The van der Waals surface area contributed by atoms with E-state index in [-0.39, 0.29) is 17.9 Å². The van der Waals surface area contributed by atoms with Gasteiger partial charge in [0.25, 0.3) is 11.8 Å². The Hall–Kier alpha value is -2.60. The maximum absolute atomic E-state index is 12.4. The molecule has 1 fully saturated rings. The van der Waals surface area contributed by atoms with Gasteiger partial charge in [-0.25, -0.2) is 0 Å². The molecule has 2 aromatic rings. The van der Waals surface area contributed by atoms with Crippen molar-refractivity contribution >= 4 is 11.8 Å². The van der Waals surface area contributed by atoms with Gasteiger partial charge in [0, 0.05) is 32.4 Å². The van der Waals surface area contributed by atoms with E-state index in [9.17, 15) is 14.7 Å². The van der Waals surface area contributed by atoms with Crippen molar-refractivity contribution < 1.29 is 14.7 Å². The monoisotopic (exact) mass is 341 g/mol. The predicted molar refractivity (Wildman–Crippen MR) is 93.9 cm³/mol. The SMILES string of the molecule is Cn1cccc1C(=O)NC1CCN(C(=O)[C@@H](O)c2ccccc2)CC1. The van der Waals surface area contributed by atoms with Crippen LogP contribution in [0.2, 0.25) is 0 Å². The van der Waals surface area contributed by atoms with Gasteiger partial charge in [0.1, 0.15) is 5.69 Å². The van der Waals surface area contributed by atoms with E-state index >= 15 is 0 Å². The maximum atomic E-state index is 12.4. The fraction of sp³-hybridized carbons (Fsp3) is 0.368. The van der Waals surface area contributed by atoms with Crippen LogP contribution >= 0.6 is 0 Å². The fourth-order valence-corrected chi connectivity index (χ4v) is 3.15. The van der Waals surface area contributed by atoms with Crippen LogP contribution in [0.5, 0.6) is 0 Å². The van der Waals surface area contributed by atoms with Crippen molar-refractivity contribution in [3.63, 3.8) is 0 Å². The van der Waals surface area contributed by atoms with Gasteiger partial charge in [-0.15, -0.1) is 0 Å². The average molecular weight is 341 g/mol. The highest BCUT2D eigenvalue weighted by atomic mass is 16.3. The third-order valence-corrected chi connectivity index (χ3v) is 4.67. The summed E-state index contributed by atoms with van der Waals surface area (Å²) in [5.74, 6) is -0.375. The van der Waals surface area contributed by atoms with Crippen LogP contribution in [0.3, 0.4) is 0 Å². The number of likely N-dealkylation sites (tertiary alicyclic amines) is 1. The first-order valence-electron chi connectivity index (χ1n) is 8.50. The lowest BCUT2D eigenvalue weighted by Gasteiger charge is -2.33. The van der Waals surface area contributed by atoms with E-state index in [1.807, 2.05) is 25.4 Å². The van der Waals surface area contributed by atoms with Crippen molar-refractivity contribution in [1.82, 2.24) is 14.8 Å². The van der Waals surface area contributed by atoms with Gasteiger partial charge < -0.3 is 19.9 Å². The number of aliphatic hydroxyl groups excluding tert-OH is 1. The van der Waals surface area contributed by atoms with Crippen LogP contribution in [0.4, 0.5) is 0 Å². The minimum atomic E-state index is -1.13. The first-order valence-corrected chi connectivity index (χ1v) is 8.50. The zero-order chi connectivity index (χ0) is 17.8. The van der Waals surface area contributed by atoms with Crippen molar-refractivity contribution in [3.05, 3.63) is 59.9 Å². The number of aryl methyl sites for hydroxylation is 1. The number of carbonyl (C=O) groups excluding carboxylic acids is 2. The van der Waals surface area contributed by atoms with E-state index in [0.717, 1.165) is 0 Å². The normalized spacial score (nSPS) is 16.5. The summed E-state index contributed by atoms with van der Waals surface area (Å²) < 4.78 is 1.78. The van der Waals surface area contributed by atoms with Crippen LogP contribution in [0.25, 0.3) is 0 Å². The Labute approximate surface area is 147 Å². The first kappa shape index (κ1) is 17.2. The highest BCUT2D eigenvalue weighted by molar-refractivity contribution is 5.92. The van der Waals surface area contributed by atoms with Gasteiger partial charge in [-0.2, -0.15) is 0 Å². The van der Waals surface area contributed by atoms with Crippen molar-refractivity contribution in [2.24, 2.45) is 7.05 Å². The van der Waals surface area contributed by atoms with Crippen molar-refractivity contribution in [1.29, 1.82) is 0 Å². The van der Waals surface area contributed by atoms with Gasteiger partial charge in [0.05, 0.1) is 0 Å². The highest BCUT2D eigenvalue weighted by Crippen LogP contribution is 2.19. The van der Waals surface area contributed by atoms with E-state index in [4.69, 9.17) is 0 Å². The number of rotatable bonds is 4. The molecule has 1 atom stereocenters. The Morgan fingerprint density at radius 3 is 2.40 bits per heavy atom. The van der Waals surface area contributed by atoms with Gasteiger partial charge >= 0.3 is 0 Å². The summed E-state index contributed by atoms with van der Waals surface area (Å²) in [5.41, 5.74) is 1.23. The van der Waals surface area contributed by atoms with Crippen LogP contribution in [0, 0.1) is 0 Å². The number of aliphatic hydroxyl groups is 1. The van der Waals surface area contributed by atoms with Gasteiger partial charge in [-0.1, -0.05) is 30.3 Å². The molecule has 2 N–H and O–H groups in total. The topological polar surface area (TPSA) is 74.6 Å². The molecule has 132 valence electrons. The zero-order valence-electron chi connectivity index (χ0n) is 14.3. The summed E-state index contributed by atoms with van der Waals surface area (Å²) in [6.07, 6.45) is 2.07. The molecular weight excluding hydrogens is 318 g/mol. The van der Waals surface area contributed by atoms with E-state index in [1.165, 1.54) is 0 Å². The molecule has 0 spiro atoms. The van der Waals surface area contributed by atoms with E-state index in [0.29, 0.717) is 37.2 Å². The lowest BCUT2D eigenvalue weighted by molar-refractivity contribution is -0.141. The second-order valence-electron chi connectivity index (χ2n) is 6.39. The lowest BCUT2D eigenvalue weighted by Crippen LogP contribution is -2.47. The number of piperidine rings is 1. The number of hydrogen-bond acceptors (Lipinski definition) is 3. The van der Waals surface area contributed by atoms with Crippen LogP contribution < -0.4 is 5.32 Å². The van der Waals surface area contributed by atoms with Crippen LogP contribution in [-0.2, 0) is 11.8 Å². The summed E-state index contributed by atoms with van der Waals surface area (Å²) in [6, 6.07) is 12.6. The summed E-state index contributed by atoms with van der Waals surface area (Å²) in [4.78, 5) is 26.4. The molecule has 0 radical (unpaired) electrons. The van der Waals surface area contributed by atoms with Gasteiger partial charge in [-0.3, -0.25) is 9.59 Å². The molecular formula is C19H23N3O3. The highest BCUT2D eigenvalue weighted by Gasteiger charge is 2.28. The number of nitrogens with one attached hydrogen (secondary N) is 1. The molecule has 2 amide bonds. The van der Waals surface area contributed by atoms with E-state index in [2.05, 4.69) is 5.32 Å². The third-order valence-electron chi connectivity index (χ3n) is 4.67. The van der Waals surface area contributed by atoms with E-state index in [1.54, 1.807) is 39.8 Å². The predicted octanol–water partition coefficient (Wildman–Crippen LogP) is 1.48. The van der Waals surface area contributed by atoms with Crippen molar-refractivity contribution in [2.75, 3.05) is 13.1 Å². The third kappa shape index (κ3) is 3.91. The zero-order valence-corrected chi connectivity index (χ0v) is 14.3. The molecule has 0 saturated carbocycles. The summed E-state index contributed by atoms with van der Waals surface area (Å²) in [5, 5.41) is 13.3. The number of benzene rings is 1. The van der Waals surface area contributed by atoms with Crippen molar-refractivity contribution in [3.8, 4) is 0 Å².